The first-order valence-electron chi connectivity index (χ1n) is 32.6. The molecule has 0 aromatic rings. The van der Waals surface area contributed by atoms with Crippen LogP contribution < -0.4 is 0 Å². The lowest BCUT2D eigenvalue weighted by Gasteiger charge is -2.73. The lowest BCUT2D eigenvalue weighted by atomic mass is 9.32. The van der Waals surface area contributed by atoms with Crippen LogP contribution in [0.4, 0.5) is 0 Å². The third-order valence-corrected chi connectivity index (χ3v) is 24.3. The third-order valence-electron chi connectivity index (χ3n) is 24.3. The monoisotopic (exact) mass is 1310 g/mol. The molecule has 522 valence electrons. The van der Waals surface area contributed by atoms with Gasteiger partial charge >= 0.3 is 23.9 Å². The first-order valence-corrected chi connectivity index (χ1v) is 32.6. The van der Waals surface area contributed by atoms with Gasteiger partial charge in [-0.15, -0.1) is 0 Å². The van der Waals surface area contributed by atoms with Crippen molar-refractivity contribution >= 4 is 23.9 Å². The maximum Gasteiger partial charge on any atom is 0.335 e. The summed E-state index contributed by atoms with van der Waals surface area (Å²) in [4.78, 5) is 52.5. The Morgan fingerprint density at radius 1 is 0.620 bits per heavy atom. The maximum atomic E-state index is 13.4. The highest BCUT2D eigenvalue weighted by molar-refractivity contribution is 5.88. The molecule has 0 spiro atoms. The molecule has 8 fully saturated rings. The van der Waals surface area contributed by atoms with Gasteiger partial charge in [0.2, 0.25) is 0 Å². The van der Waals surface area contributed by atoms with Gasteiger partial charge in [-0.2, -0.15) is 0 Å². The highest BCUT2D eigenvalue weighted by atomic mass is 16.8. The average molecular weight is 1310 g/mol. The molecule has 0 radical (unpaired) electrons. The summed E-state index contributed by atoms with van der Waals surface area (Å²) in [6.07, 6.45) is -26.0. The SMILES string of the molecule is C/C=C(/C)C(=O)O[C@@H]1C(O)[C@H](C[C@H]2[C@H](O)[C@@]3(COC(C)=O)C(CC2(C)C)C2=CCC4[C@@]5(C)CC[C@H](O[C@@H]6OC(C(=O)O)[C@@H](O)[C@@H](O[C@@H]7O[C@@H](CO)C(O)[C@@H]7O)C6O[C@@H]6OC(CO)[C@H](O)[C@@H](O)C6O)C(C)(C)C5CC[C@@]4(C)[C@]2(C)C[C@H]3O)OC(C)[C@@H]1OC(=O)/C(C)=C\C. The number of rotatable bonds is 17. The Labute approximate surface area is 537 Å². The Balaban J connectivity index is 1.01. The normalized spacial score (nSPS) is 48.4. The van der Waals surface area contributed by atoms with Crippen molar-refractivity contribution in [2.75, 3.05) is 19.8 Å². The van der Waals surface area contributed by atoms with Crippen LogP contribution in [0, 0.1) is 56.2 Å². The number of aliphatic hydroxyl groups is 11. The molecule has 4 heterocycles. The van der Waals surface area contributed by atoms with Gasteiger partial charge in [0.15, 0.2) is 37.2 Å². The molecule has 5 aliphatic carbocycles. The van der Waals surface area contributed by atoms with Crippen LogP contribution in [-0.4, -0.2) is 240 Å². The van der Waals surface area contributed by atoms with E-state index in [2.05, 4.69) is 26.8 Å². The van der Waals surface area contributed by atoms with Gasteiger partial charge in [0.1, 0.15) is 73.8 Å². The second-order valence-electron chi connectivity index (χ2n) is 29.8. The molecule has 0 aromatic carbocycles. The van der Waals surface area contributed by atoms with E-state index in [9.17, 15) is 80.5 Å². The summed E-state index contributed by atoms with van der Waals surface area (Å²) in [6, 6.07) is 0. The molecule has 92 heavy (non-hydrogen) atoms. The van der Waals surface area contributed by atoms with E-state index in [1.165, 1.54) is 6.92 Å². The van der Waals surface area contributed by atoms with Crippen molar-refractivity contribution in [3.63, 3.8) is 0 Å². The van der Waals surface area contributed by atoms with Gasteiger partial charge in [-0.3, -0.25) is 4.79 Å². The molecule has 0 amide bonds. The Morgan fingerprint density at radius 2 is 1.18 bits per heavy atom. The zero-order chi connectivity index (χ0) is 68.0. The Kier molecular flexibility index (Phi) is 21.3. The van der Waals surface area contributed by atoms with Crippen molar-refractivity contribution in [2.24, 2.45) is 56.2 Å². The van der Waals surface area contributed by atoms with Gasteiger partial charge in [0.25, 0.3) is 0 Å². The number of carboxylic acids is 1. The summed E-state index contributed by atoms with van der Waals surface area (Å²) in [5.41, 5.74) is -2.96. The van der Waals surface area contributed by atoms with Crippen LogP contribution >= 0.6 is 0 Å². The molecule has 4 aliphatic heterocycles. The van der Waals surface area contributed by atoms with Crippen LogP contribution in [0.1, 0.15) is 141 Å². The van der Waals surface area contributed by atoms with Crippen LogP contribution in [0.2, 0.25) is 0 Å². The molecule has 26 heteroatoms. The van der Waals surface area contributed by atoms with Crippen molar-refractivity contribution in [1.29, 1.82) is 0 Å². The highest BCUT2D eigenvalue weighted by Crippen LogP contribution is 2.76. The summed E-state index contributed by atoms with van der Waals surface area (Å²) < 4.78 is 60.9. The number of carbonyl (C=O) groups excluding carboxylic acids is 3. The number of fused-ring (bicyclic) bond motifs is 7. The summed E-state index contributed by atoms with van der Waals surface area (Å²) in [6.45, 7) is 22.4. The van der Waals surface area contributed by atoms with Crippen LogP contribution in [0.3, 0.4) is 0 Å². The highest BCUT2D eigenvalue weighted by Gasteiger charge is 2.73. The van der Waals surface area contributed by atoms with Gasteiger partial charge in [0, 0.05) is 18.1 Å². The Morgan fingerprint density at radius 3 is 1.75 bits per heavy atom. The molecule has 9 aliphatic rings. The largest absolute Gasteiger partial charge is 0.479 e. The molecular weight excluding hydrogens is 1210 g/mol. The van der Waals surface area contributed by atoms with Crippen LogP contribution in [0.15, 0.2) is 34.9 Å². The number of carbonyl (C=O) groups is 4. The van der Waals surface area contributed by atoms with E-state index in [0.29, 0.717) is 44.1 Å². The standard InChI is InChI=1S/C66H102O26/c1-14-28(3)56(81)88-49-30(5)84-35(44(73)50(49)89-57(82)29(4)15-2)22-33-54(78)66(27-83-31(6)69)34(23-61(33,7)8)32-16-17-39-63(11)20-19-41(62(9,10)38(63)18-21-64(39,12)65(32,13)24-40(66)70)87-60-53(92-59-47(76)45(74)42(71)36(25-67)85-59)51(48(77)52(91-60)55(79)80)90-58-46(75)43(72)37(26-68)86-58/h14-16,30,33-54,58-60,67-68,70-78H,17-27H2,1-13H3,(H,79,80)/b28-14-,29-15-/t30?,33-,34?,35-,36?,37-,38?,39?,40+,41-,42-,43?,44?,45+,46-,47?,48-,49-,50+,51+,52?,53?,54-,58-,59-,60+,63-,64+,65+,66-/m0/s1. The Bertz CT molecular complexity index is 2790. The molecule has 0 bridgehead atoms. The number of allylic oxidation sites excluding steroid dienone is 4. The minimum absolute atomic E-state index is 0.00805. The number of esters is 3. The predicted octanol–water partition coefficient (Wildman–Crippen LogP) is 1.38. The lowest BCUT2D eigenvalue weighted by molar-refractivity contribution is -0.386. The number of ether oxygens (including phenoxy) is 10. The summed E-state index contributed by atoms with van der Waals surface area (Å²) in [7, 11) is 0. The quantitative estimate of drug-likeness (QED) is 0.0322. The van der Waals surface area contributed by atoms with Crippen molar-refractivity contribution in [3.8, 4) is 0 Å². The van der Waals surface area contributed by atoms with E-state index >= 15 is 0 Å². The van der Waals surface area contributed by atoms with Crippen molar-refractivity contribution in [1.82, 2.24) is 0 Å². The summed E-state index contributed by atoms with van der Waals surface area (Å²) in [5, 5.41) is 135. The molecule has 10 unspecified atom stereocenters. The minimum atomic E-state index is -2.13. The first-order chi connectivity index (χ1) is 42.9. The minimum Gasteiger partial charge on any atom is -0.479 e. The van der Waals surface area contributed by atoms with Gasteiger partial charge in [-0.05, 0) is 137 Å². The summed E-state index contributed by atoms with van der Waals surface area (Å²) in [5.74, 6) is -5.01. The van der Waals surface area contributed by atoms with E-state index in [-0.39, 0.29) is 36.9 Å². The van der Waals surface area contributed by atoms with E-state index < -0.39 is 216 Å². The zero-order valence-electron chi connectivity index (χ0n) is 55.1. The van der Waals surface area contributed by atoms with Gasteiger partial charge in [-0.1, -0.05) is 72.3 Å². The number of aliphatic carboxylic acids is 1. The number of hydrogen-bond donors (Lipinski definition) is 12. The van der Waals surface area contributed by atoms with Gasteiger partial charge in [0.05, 0.1) is 49.1 Å². The number of aliphatic hydroxyl groups excluding tert-OH is 11. The molecule has 4 saturated heterocycles. The molecule has 9 rings (SSSR count). The van der Waals surface area contributed by atoms with Gasteiger partial charge < -0.3 is 109 Å². The van der Waals surface area contributed by atoms with Crippen LogP contribution in [0.25, 0.3) is 0 Å². The summed E-state index contributed by atoms with van der Waals surface area (Å²) >= 11 is 0. The fraction of sp³-hybridized carbons (Fsp3) is 0.848. The molecule has 26 nitrogen and oxygen atoms in total. The fourth-order valence-corrected chi connectivity index (χ4v) is 18.5. The fourth-order valence-electron chi connectivity index (χ4n) is 18.5. The van der Waals surface area contributed by atoms with E-state index in [1.54, 1.807) is 46.8 Å². The smallest absolute Gasteiger partial charge is 0.335 e. The van der Waals surface area contributed by atoms with Crippen molar-refractivity contribution < 1.29 is 128 Å². The topological polar surface area (TPSA) is 403 Å². The number of hydrogen-bond acceptors (Lipinski definition) is 25. The van der Waals surface area contributed by atoms with Gasteiger partial charge in [-0.25, -0.2) is 14.4 Å². The van der Waals surface area contributed by atoms with Crippen LogP contribution in [-0.2, 0) is 66.5 Å². The lowest BCUT2D eigenvalue weighted by Crippen LogP contribution is -2.71. The molecule has 4 saturated carbocycles. The molecular formula is C66H102O26. The molecule has 12 N–H and O–H groups in total. The van der Waals surface area contributed by atoms with E-state index in [1.807, 2.05) is 27.7 Å². The van der Waals surface area contributed by atoms with E-state index in [4.69, 9.17) is 47.4 Å². The average Bonchev–Trinajstić information content (AvgIpc) is 0.773. The predicted molar refractivity (Wildman–Crippen MR) is 319 cm³/mol. The van der Waals surface area contributed by atoms with Crippen molar-refractivity contribution in [2.45, 2.75) is 276 Å². The molecule has 30 atom stereocenters. The van der Waals surface area contributed by atoms with E-state index in [0.717, 1.165) is 5.57 Å². The second-order valence-corrected chi connectivity index (χ2v) is 29.8. The maximum absolute atomic E-state index is 13.4. The Hall–Kier alpha value is -3.62. The zero-order valence-corrected chi connectivity index (χ0v) is 55.1. The third kappa shape index (κ3) is 12.3. The first kappa shape index (κ1) is 72.6. The van der Waals surface area contributed by atoms with Crippen LogP contribution in [0.5, 0.6) is 0 Å². The molecule has 0 aromatic heterocycles. The number of carboxylic acid groups (broad SMARTS) is 1. The second kappa shape index (κ2) is 27.0. The van der Waals surface area contributed by atoms with Crippen molar-refractivity contribution in [3.05, 3.63) is 34.9 Å².